The van der Waals surface area contributed by atoms with Crippen molar-refractivity contribution in [3.8, 4) is 11.1 Å². The summed E-state index contributed by atoms with van der Waals surface area (Å²) in [5.41, 5.74) is 4.50. The second-order valence-corrected chi connectivity index (χ2v) is 6.82. The second kappa shape index (κ2) is 6.42. The van der Waals surface area contributed by atoms with Gasteiger partial charge in [0.25, 0.3) is 5.91 Å². The first-order chi connectivity index (χ1) is 13.7. The molecule has 0 unspecified atom stereocenters. The molecule has 3 heterocycles. The van der Waals surface area contributed by atoms with Crippen molar-refractivity contribution in [1.29, 1.82) is 0 Å². The van der Waals surface area contributed by atoms with Crippen molar-refractivity contribution in [3.63, 3.8) is 0 Å². The second-order valence-electron chi connectivity index (χ2n) is 6.82. The zero-order valence-electron chi connectivity index (χ0n) is 15.3. The SMILES string of the molecule is Cn1cc(-c2ccc3cnc(NC(=O)c4cccc5c4N=CC5)cc3c2)cn1. The summed E-state index contributed by atoms with van der Waals surface area (Å²) in [6.07, 6.45) is 8.17. The standard InChI is InChI=1S/C22H17N5O/c1-27-13-18(12-25-27)15-5-6-16-11-24-20(10-17(16)9-15)26-22(28)19-4-2-3-14-7-8-23-21(14)19/h2-6,8-13H,7H2,1H3,(H,24,26,28). The molecule has 5 rings (SSSR count). The fourth-order valence-electron chi connectivity index (χ4n) is 3.47. The van der Waals surface area contributed by atoms with Gasteiger partial charge in [-0.1, -0.05) is 24.3 Å². The third kappa shape index (κ3) is 2.85. The van der Waals surface area contributed by atoms with Crippen LogP contribution < -0.4 is 5.32 Å². The lowest BCUT2D eigenvalue weighted by atomic mass is 10.0. The van der Waals surface area contributed by atoms with Gasteiger partial charge < -0.3 is 5.32 Å². The lowest BCUT2D eigenvalue weighted by Crippen LogP contribution is -2.13. The Balaban J connectivity index is 1.47. The van der Waals surface area contributed by atoms with Crippen LogP contribution in [0.4, 0.5) is 11.5 Å². The van der Waals surface area contributed by atoms with Crippen LogP contribution in [0.3, 0.4) is 0 Å². The number of aromatic nitrogens is 3. The molecule has 0 saturated carbocycles. The summed E-state index contributed by atoms with van der Waals surface area (Å²) in [6, 6.07) is 13.7. The van der Waals surface area contributed by atoms with Gasteiger partial charge in [0.15, 0.2) is 0 Å². The van der Waals surface area contributed by atoms with E-state index in [9.17, 15) is 4.79 Å². The van der Waals surface area contributed by atoms with Gasteiger partial charge in [0.05, 0.1) is 17.4 Å². The van der Waals surface area contributed by atoms with Crippen LogP contribution in [-0.4, -0.2) is 26.9 Å². The number of nitrogens with zero attached hydrogens (tertiary/aromatic N) is 4. The average molecular weight is 367 g/mol. The molecule has 0 spiro atoms. The van der Waals surface area contributed by atoms with Crippen molar-refractivity contribution in [2.75, 3.05) is 5.32 Å². The fraction of sp³-hybridized carbons (Fsp3) is 0.0909. The van der Waals surface area contributed by atoms with Gasteiger partial charge in [-0.3, -0.25) is 14.5 Å². The first kappa shape index (κ1) is 16.4. The molecule has 2 aromatic carbocycles. The van der Waals surface area contributed by atoms with Gasteiger partial charge in [0, 0.05) is 43.0 Å². The number of aryl methyl sites for hydroxylation is 1. The molecule has 0 radical (unpaired) electrons. The number of anilines is 1. The molecule has 136 valence electrons. The molecule has 6 heteroatoms. The number of hydrogen-bond acceptors (Lipinski definition) is 4. The van der Waals surface area contributed by atoms with Gasteiger partial charge in [-0.2, -0.15) is 5.10 Å². The number of carbonyl (C=O) groups is 1. The van der Waals surface area contributed by atoms with Crippen molar-refractivity contribution < 1.29 is 4.79 Å². The van der Waals surface area contributed by atoms with E-state index in [4.69, 9.17) is 0 Å². The smallest absolute Gasteiger partial charge is 0.259 e. The van der Waals surface area contributed by atoms with E-state index in [-0.39, 0.29) is 5.91 Å². The van der Waals surface area contributed by atoms with Crippen LogP contribution in [0.2, 0.25) is 0 Å². The molecule has 0 fully saturated rings. The highest BCUT2D eigenvalue weighted by molar-refractivity contribution is 6.09. The number of carbonyl (C=O) groups excluding carboxylic acids is 1. The highest BCUT2D eigenvalue weighted by Gasteiger charge is 2.17. The van der Waals surface area contributed by atoms with Crippen molar-refractivity contribution in [2.45, 2.75) is 6.42 Å². The molecule has 1 amide bonds. The Labute approximate surface area is 161 Å². The molecule has 28 heavy (non-hydrogen) atoms. The minimum Gasteiger partial charge on any atom is -0.306 e. The number of fused-ring (bicyclic) bond motifs is 2. The average Bonchev–Trinajstić information content (AvgIpc) is 3.36. The lowest BCUT2D eigenvalue weighted by molar-refractivity contribution is 0.102. The number of rotatable bonds is 3. The zero-order chi connectivity index (χ0) is 19.1. The Hall–Kier alpha value is -3.80. The maximum Gasteiger partial charge on any atom is 0.259 e. The Morgan fingerprint density at radius 3 is 2.86 bits per heavy atom. The molecule has 0 saturated heterocycles. The molecule has 4 aromatic rings. The maximum absolute atomic E-state index is 12.8. The summed E-state index contributed by atoms with van der Waals surface area (Å²) in [4.78, 5) is 21.5. The van der Waals surface area contributed by atoms with Crippen LogP contribution in [0.1, 0.15) is 15.9 Å². The molecule has 1 aliphatic heterocycles. The van der Waals surface area contributed by atoms with E-state index < -0.39 is 0 Å². The van der Waals surface area contributed by atoms with E-state index in [0.717, 1.165) is 39.6 Å². The van der Waals surface area contributed by atoms with Crippen molar-refractivity contribution in [2.24, 2.45) is 12.0 Å². The predicted molar refractivity (Wildman–Crippen MR) is 110 cm³/mol. The first-order valence-corrected chi connectivity index (χ1v) is 9.02. The summed E-state index contributed by atoms with van der Waals surface area (Å²) in [5, 5.41) is 9.14. The van der Waals surface area contributed by atoms with Gasteiger partial charge >= 0.3 is 0 Å². The molecule has 6 nitrogen and oxygen atoms in total. The maximum atomic E-state index is 12.8. The Bertz CT molecular complexity index is 1260. The number of nitrogens with one attached hydrogen (secondary N) is 1. The van der Waals surface area contributed by atoms with Crippen molar-refractivity contribution >= 4 is 34.4 Å². The number of aliphatic imine (C=N–C) groups is 1. The Kier molecular flexibility index (Phi) is 3.76. The molecule has 0 aliphatic carbocycles. The number of benzene rings is 2. The monoisotopic (exact) mass is 367 g/mol. The third-order valence-electron chi connectivity index (χ3n) is 4.90. The van der Waals surface area contributed by atoms with Gasteiger partial charge in [0.1, 0.15) is 5.82 Å². The first-order valence-electron chi connectivity index (χ1n) is 9.02. The van der Waals surface area contributed by atoms with Crippen LogP contribution >= 0.6 is 0 Å². The summed E-state index contributed by atoms with van der Waals surface area (Å²) in [5.74, 6) is 0.312. The summed E-state index contributed by atoms with van der Waals surface area (Å²) in [6.45, 7) is 0. The minimum atomic E-state index is -0.203. The topological polar surface area (TPSA) is 72.2 Å². The van der Waals surface area contributed by atoms with Crippen LogP contribution in [0.15, 0.2) is 66.0 Å². The molecule has 0 bridgehead atoms. The van der Waals surface area contributed by atoms with Gasteiger partial charge in [-0.05, 0) is 34.7 Å². The van der Waals surface area contributed by atoms with E-state index in [2.05, 4.69) is 26.5 Å². The van der Waals surface area contributed by atoms with Crippen LogP contribution in [0, 0.1) is 0 Å². The van der Waals surface area contributed by atoms with Crippen LogP contribution in [-0.2, 0) is 13.5 Å². The van der Waals surface area contributed by atoms with E-state index in [1.165, 1.54) is 0 Å². The zero-order valence-corrected chi connectivity index (χ0v) is 15.3. The lowest BCUT2D eigenvalue weighted by Gasteiger charge is -2.09. The van der Waals surface area contributed by atoms with Crippen LogP contribution in [0.25, 0.3) is 21.9 Å². The normalized spacial score (nSPS) is 12.3. The number of hydrogen-bond donors (Lipinski definition) is 1. The molecule has 1 N–H and O–H groups in total. The predicted octanol–water partition coefficient (Wildman–Crippen LogP) is 4.15. The highest BCUT2D eigenvalue weighted by atomic mass is 16.1. The van der Waals surface area contributed by atoms with Crippen molar-refractivity contribution in [1.82, 2.24) is 14.8 Å². The fourth-order valence-corrected chi connectivity index (χ4v) is 3.47. The van der Waals surface area contributed by atoms with Gasteiger partial charge in [0.2, 0.25) is 0 Å². The summed E-state index contributed by atoms with van der Waals surface area (Å²) < 4.78 is 1.78. The van der Waals surface area contributed by atoms with Gasteiger partial charge in [-0.15, -0.1) is 0 Å². The molecular formula is C22H17N5O. The number of amides is 1. The third-order valence-corrected chi connectivity index (χ3v) is 4.90. The number of pyridine rings is 1. The minimum absolute atomic E-state index is 0.203. The van der Waals surface area contributed by atoms with E-state index >= 15 is 0 Å². The largest absolute Gasteiger partial charge is 0.306 e. The van der Waals surface area contributed by atoms with E-state index in [1.807, 2.05) is 56.0 Å². The van der Waals surface area contributed by atoms with Crippen molar-refractivity contribution in [3.05, 3.63) is 72.2 Å². The Morgan fingerprint density at radius 1 is 1.07 bits per heavy atom. The van der Waals surface area contributed by atoms with Crippen LogP contribution in [0.5, 0.6) is 0 Å². The summed E-state index contributed by atoms with van der Waals surface area (Å²) in [7, 11) is 1.90. The van der Waals surface area contributed by atoms with E-state index in [1.54, 1.807) is 16.9 Å². The van der Waals surface area contributed by atoms with E-state index in [0.29, 0.717) is 11.4 Å². The highest BCUT2D eigenvalue weighted by Crippen LogP contribution is 2.29. The number of para-hydroxylation sites is 1. The summed E-state index contributed by atoms with van der Waals surface area (Å²) >= 11 is 0. The quantitative estimate of drug-likeness (QED) is 0.591. The molecule has 2 aromatic heterocycles. The molecule has 0 atom stereocenters. The van der Waals surface area contributed by atoms with Gasteiger partial charge in [-0.25, -0.2) is 4.98 Å². The molecule has 1 aliphatic rings. The Morgan fingerprint density at radius 2 is 2.00 bits per heavy atom. The molecular weight excluding hydrogens is 350 g/mol.